The molecule has 0 radical (unpaired) electrons. The lowest BCUT2D eigenvalue weighted by Gasteiger charge is -2.30. The fourth-order valence-electron chi connectivity index (χ4n) is 1.71. The van der Waals surface area contributed by atoms with Crippen LogP contribution in [0.2, 0.25) is 0 Å². The van der Waals surface area contributed by atoms with Crippen molar-refractivity contribution in [1.29, 1.82) is 0 Å². The number of aliphatic carboxylic acids is 1. The maximum atomic E-state index is 12.0. The lowest BCUT2D eigenvalue weighted by molar-refractivity contribution is -0.143. The number of nitrogens with zero attached hydrogens (tertiary/aromatic N) is 1. The highest BCUT2D eigenvalue weighted by atomic mass is 16.4. The predicted octanol–water partition coefficient (Wildman–Crippen LogP) is -1.26. The van der Waals surface area contributed by atoms with E-state index in [1.54, 1.807) is 0 Å². The number of likely N-dealkylation sites (N-methyl/N-ethyl adjacent to an activating group) is 1. The van der Waals surface area contributed by atoms with Gasteiger partial charge in [-0.2, -0.15) is 0 Å². The van der Waals surface area contributed by atoms with Gasteiger partial charge in [0.15, 0.2) is 0 Å². The van der Waals surface area contributed by atoms with Gasteiger partial charge in [0.1, 0.15) is 12.3 Å². The molecule has 17 heavy (non-hydrogen) atoms. The average molecular weight is 243 g/mol. The SMILES string of the molecule is CN(C(=O)[C@@H]1CCCNN1)[C@H](C=O)CC(=O)O. The molecule has 1 amide bonds. The molecule has 0 aromatic heterocycles. The van der Waals surface area contributed by atoms with Crippen LogP contribution < -0.4 is 10.9 Å². The van der Waals surface area contributed by atoms with E-state index >= 15 is 0 Å². The van der Waals surface area contributed by atoms with Gasteiger partial charge in [-0.1, -0.05) is 0 Å². The molecule has 1 rings (SSSR count). The summed E-state index contributed by atoms with van der Waals surface area (Å²) in [6.45, 7) is 0.791. The van der Waals surface area contributed by atoms with Crippen molar-refractivity contribution in [3.8, 4) is 0 Å². The van der Waals surface area contributed by atoms with Gasteiger partial charge in [-0.25, -0.2) is 5.43 Å². The number of carboxylic acids is 1. The van der Waals surface area contributed by atoms with Crippen molar-refractivity contribution >= 4 is 18.2 Å². The van der Waals surface area contributed by atoms with Crippen LogP contribution in [0.5, 0.6) is 0 Å². The molecule has 3 N–H and O–H groups in total. The first-order valence-electron chi connectivity index (χ1n) is 5.48. The summed E-state index contributed by atoms with van der Waals surface area (Å²) in [5.41, 5.74) is 5.69. The van der Waals surface area contributed by atoms with Crippen molar-refractivity contribution in [3.05, 3.63) is 0 Å². The number of hydrogen-bond acceptors (Lipinski definition) is 5. The lowest BCUT2D eigenvalue weighted by atomic mass is 10.1. The molecular formula is C10H17N3O4. The average Bonchev–Trinajstić information content (AvgIpc) is 2.35. The van der Waals surface area contributed by atoms with E-state index in [4.69, 9.17) is 5.11 Å². The van der Waals surface area contributed by atoms with Crippen LogP contribution in [0.3, 0.4) is 0 Å². The lowest BCUT2D eigenvalue weighted by Crippen LogP contribution is -2.55. The number of carboxylic acid groups (broad SMARTS) is 1. The maximum Gasteiger partial charge on any atom is 0.305 e. The molecule has 7 heteroatoms. The van der Waals surface area contributed by atoms with Gasteiger partial charge in [-0.05, 0) is 12.8 Å². The standard InChI is InChI=1S/C10H17N3O4/c1-13(7(6-14)5-9(15)16)10(17)8-3-2-4-11-12-8/h6-8,11-12H,2-5H2,1H3,(H,15,16)/t7-,8-/m0/s1. The number of carbonyl (C=O) groups is 3. The summed E-state index contributed by atoms with van der Waals surface area (Å²) in [7, 11) is 1.45. The number of hydrogen-bond donors (Lipinski definition) is 3. The van der Waals surface area contributed by atoms with Gasteiger partial charge in [0.25, 0.3) is 0 Å². The number of rotatable bonds is 5. The van der Waals surface area contributed by atoms with Gasteiger partial charge in [-0.15, -0.1) is 0 Å². The third-order valence-corrected chi connectivity index (χ3v) is 2.75. The monoisotopic (exact) mass is 243 g/mol. The highest BCUT2D eigenvalue weighted by molar-refractivity contribution is 5.86. The fraction of sp³-hybridized carbons (Fsp3) is 0.700. The normalized spacial score (nSPS) is 21.6. The Morgan fingerprint density at radius 1 is 1.59 bits per heavy atom. The van der Waals surface area contributed by atoms with E-state index in [1.165, 1.54) is 11.9 Å². The third kappa shape index (κ3) is 3.79. The smallest absolute Gasteiger partial charge is 0.305 e. The molecular weight excluding hydrogens is 226 g/mol. The Balaban J connectivity index is 2.59. The van der Waals surface area contributed by atoms with Crippen molar-refractivity contribution in [1.82, 2.24) is 15.8 Å². The number of aldehydes is 1. The first-order chi connectivity index (χ1) is 8.06. The second-order valence-electron chi connectivity index (χ2n) is 4.02. The highest BCUT2D eigenvalue weighted by Crippen LogP contribution is 2.08. The van der Waals surface area contributed by atoms with Crippen molar-refractivity contribution in [3.63, 3.8) is 0 Å². The van der Waals surface area contributed by atoms with E-state index in [0.29, 0.717) is 12.7 Å². The zero-order valence-electron chi connectivity index (χ0n) is 9.68. The van der Waals surface area contributed by atoms with E-state index in [1.807, 2.05) is 0 Å². The molecule has 7 nitrogen and oxygen atoms in total. The molecule has 0 aromatic carbocycles. The Labute approximate surface area is 99.1 Å². The Bertz CT molecular complexity index is 302. The Morgan fingerprint density at radius 2 is 2.29 bits per heavy atom. The first-order valence-corrected chi connectivity index (χ1v) is 5.48. The molecule has 0 unspecified atom stereocenters. The third-order valence-electron chi connectivity index (χ3n) is 2.75. The molecule has 2 atom stereocenters. The van der Waals surface area contributed by atoms with Crippen LogP contribution in [0, 0.1) is 0 Å². The number of carbonyl (C=O) groups excluding carboxylic acids is 2. The van der Waals surface area contributed by atoms with Crippen LogP contribution in [0.25, 0.3) is 0 Å². The molecule has 0 aromatic rings. The molecule has 0 saturated carbocycles. The molecule has 96 valence electrons. The maximum absolute atomic E-state index is 12.0. The van der Waals surface area contributed by atoms with Gasteiger partial charge in [0.05, 0.1) is 12.5 Å². The number of hydrazine groups is 1. The molecule has 0 spiro atoms. The summed E-state index contributed by atoms with van der Waals surface area (Å²) >= 11 is 0. The van der Waals surface area contributed by atoms with Crippen LogP contribution in [-0.2, 0) is 14.4 Å². The second kappa shape index (κ2) is 6.31. The van der Waals surface area contributed by atoms with Crippen molar-refractivity contribution in [2.45, 2.75) is 31.3 Å². The molecule has 1 aliphatic heterocycles. The summed E-state index contributed by atoms with van der Waals surface area (Å²) in [5, 5.41) is 8.63. The summed E-state index contributed by atoms with van der Waals surface area (Å²) in [6, 6.07) is -1.31. The van der Waals surface area contributed by atoms with Crippen LogP contribution in [0.4, 0.5) is 0 Å². The predicted molar refractivity (Wildman–Crippen MR) is 59.0 cm³/mol. The van der Waals surface area contributed by atoms with Gasteiger partial charge in [0.2, 0.25) is 5.91 Å². The number of amides is 1. The van der Waals surface area contributed by atoms with Crippen LogP contribution in [0.1, 0.15) is 19.3 Å². The van der Waals surface area contributed by atoms with Gasteiger partial charge in [0, 0.05) is 13.6 Å². The van der Waals surface area contributed by atoms with Crippen LogP contribution in [0.15, 0.2) is 0 Å². The molecule has 1 fully saturated rings. The molecule has 1 aliphatic rings. The second-order valence-corrected chi connectivity index (χ2v) is 4.02. The van der Waals surface area contributed by atoms with E-state index in [9.17, 15) is 14.4 Å². The fourth-order valence-corrected chi connectivity index (χ4v) is 1.71. The molecule has 0 bridgehead atoms. The van der Waals surface area contributed by atoms with E-state index < -0.39 is 18.1 Å². The minimum Gasteiger partial charge on any atom is -0.481 e. The summed E-state index contributed by atoms with van der Waals surface area (Å²) in [4.78, 5) is 34.5. The minimum atomic E-state index is -1.10. The molecule has 1 saturated heterocycles. The van der Waals surface area contributed by atoms with Crippen molar-refractivity contribution < 1.29 is 19.5 Å². The summed E-state index contributed by atoms with van der Waals surface area (Å²) in [6.07, 6.45) is 1.66. The van der Waals surface area contributed by atoms with Crippen LogP contribution in [-0.4, -0.2) is 53.8 Å². The first kappa shape index (κ1) is 13.6. The zero-order valence-corrected chi connectivity index (χ0v) is 9.68. The molecule has 0 aliphatic carbocycles. The van der Waals surface area contributed by atoms with Crippen molar-refractivity contribution in [2.75, 3.05) is 13.6 Å². The quantitative estimate of drug-likeness (QED) is 0.521. The van der Waals surface area contributed by atoms with Crippen molar-refractivity contribution in [2.24, 2.45) is 0 Å². The minimum absolute atomic E-state index is 0.268. The zero-order chi connectivity index (χ0) is 12.8. The van der Waals surface area contributed by atoms with Gasteiger partial charge in [-0.3, -0.25) is 15.0 Å². The topological polar surface area (TPSA) is 98.7 Å². The van der Waals surface area contributed by atoms with E-state index in [0.717, 1.165) is 13.0 Å². The Kier molecular flexibility index (Phi) is 5.05. The number of nitrogens with one attached hydrogen (secondary N) is 2. The van der Waals surface area contributed by atoms with E-state index in [-0.39, 0.29) is 12.3 Å². The van der Waals surface area contributed by atoms with Crippen LogP contribution >= 0.6 is 0 Å². The van der Waals surface area contributed by atoms with E-state index in [2.05, 4.69) is 10.9 Å². The summed E-state index contributed by atoms with van der Waals surface area (Å²) < 4.78 is 0. The summed E-state index contributed by atoms with van der Waals surface area (Å²) in [5.74, 6) is -1.37. The highest BCUT2D eigenvalue weighted by Gasteiger charge is 2.28. The van der Waals surface area contributed by atoms with Gasteiger partial charge < -0.3 is 14.8 Å². The Hall–Kier alpha value is -1.47. The van der Waals surface area contributed by atoms with Gasteiger partial charge >= 0.3 is 5.97 Å². The largest absolute Gasteiger partial charge is 0.481 e. The molecule has 1 heterocycles. The Morgan fingerprint density at radius 3 is 2.76 bits per heavy atom.